The number of nitrogens with zero attached hydrogens (tertiary/aromatic N) is 1. The molecule has 0 radical (unpaired) electrons. The minimum atomic E-state index is -0.293. The van der Waals surface area contributed by atoms with Crippen molar-refractivity contribution in [2.24, 2.45) is 0 Å². The second-order valence-corrected chi connectivity index (χ2v) is 4.36. The van der Waals surface area contributed by atoms with E-state index in [1.807, 2.05) is 0 Å². The van der Waals surface area contributed by atoms with Crippen molar-refractivity contribution in [3.8, 4) is 5.75 Å². The zero-order valence-corrected chi connectivity index (χ0v) is 10.0. The summed E-state index contributed by atoms with van der Waals surface area (Å²) in [5.74, 6) is -0.0131. The van der Waals surface area contributed by atoms with Crippen LogP contribution in [0.4, 0.5) is 4.39 Å². The van der Waals surface area contributed by atoms with E-state index >= 15 is 0 Å². The molecule has 1 saturated carbocycles. The van der Waals surface area contributed by atoms with E-state index in [0.29, 0.717) is 24.7 Å². The topological polar surface area (TPSA) is 32.7 Å². The predicted octanol–water partition coefficient (Wildman–Crippen LogP) is 1.79. The fraction of sp³-hybridized carbons (Fsp3) is 0.538. The monoisotopic (exact) mass is 239 g/mol. The number of hydrogen-bond donors (Lipinski definition) is 1. The summed E-state index contributed by atoms with van der Waals surface area (Å²) in [4.78, 5) is 2.12. The summed E-state index contributed by atoms with van der Waals surface area (Å²) in [5.41, 5.74) is 0.629. The molecule has 17 heavy (non-hydrogen) atoms. The van der Waals surface area contributed by atoms with Gasteiger partial charge in [-0.3, -0.25) is 4.90 Å². The Morgan fingerprint density at radius 1 is 1.47 bits per heavy atom. The average molecular weight is 239 g/mol. The number of aliphatic hydroxyl groups excluding tert-OH is 1. The van der Waals surface area contributed by atoms with Crippen molar-refractivity contribution in [2.45, 2.75) is 25.4 Å². The van der Waals surface area contributed by atoms with Crippen molar-refractivity contribution >= 4 is 0 Å². The molecule has 0 saturated heterocycles. The van der Waals surface area contributed by atoms with Gasteiger partial charge in [0, 0.05) is 24.7 Å². The molecule has 1 aliphatic rings. The number of methoxy groups -OCH3 is 1. The van der Waals surface area contributed by atoms with E-state index in [4.69, 9.17) is 9.84 Å². The molecule has 1 aliphatic carbocycles. The Bertz CT molecular complexity index is 380. The Kier molecular flexibility index (Phi) is 3.97. The predicted molar refractivity (Wildman–Crippen MR) is 63.5 cm³/mol. The Balaban J connectivity index is 2.10. The Morgan fingerprint density at radius 2 is 2.24 bits per heavy atom. The van der Waals surface area contributed by atoms with Crippen LogP contribution < -0.4 is 4.74 Å². The molecule has 0 aromatic heterocycles. The van der Waals surface area contributed by atoms with Crippen LogP contribution in [0.2, 0.25) is 0 Å². The molecule has 1 aromatic carbocycles. The van der Waals surface area contributed by atoms with Crippen molar-refractivity contribution in [1.29, 1.82) is 0 Å². The Labute approximate surface area is 101 Å². The van der Waals surface area contributed by atoms with E-state index in [1.165, 1.54) is 7.11 Å². The number of benzene rings is 1. The summed E-state index contributed by atoms with van der Waals surface area (Å²) in [6.07, 6.45) is 2.29. The first kappa shape index (κ1) is 12.3. The van der Waals surface area contributed by atoms with Crippen LogP contribution in [-0.2, 0) is 6.54 Å². The first-order valence-corrected chi connectivity index (χ1v) is 5.92. The van der Waals surface area contributed by atoms with Crippen LogP contribution in [0, 0.1) is 5.82 Å². The summed E-state index contributed by atoms with van der Waals surface area (Å²) in [5, 5.41) is 9.00. The van der Waals surface area contributed by atoms with Gasteiger partial charge in [0.05, 0.1) is 13.7 Å². The zero-order chi connectivity index (χ0) is 12.3. The SMILES string of the molecule is COc1cccc(CN(CCO)C2CC2)c1F. The van der Waals surface area contributed by atoms with Gasteiger partial charge >= 0.3 is 0 Å². The van der Waals surface area contributed by atoms with Crippen LogP contribution in [0.1, 0.15) is 18.4 Å². The molecule has 2 rings (SSSR count). The lowest BCUT2D eigenvalue weighted by atomic mass is 10.2. The van der Waals surface area contributed by atoms with Gasteiger partial charge in [-0.25, -0.2) is 4.39 Å². The summed E-state index contributed by atoms with van der Waals surface area (Å²) in [7, 11) is 1.47. The Morgan fingerprint density at radius 3 is 2.82 bits per heavy atom. The van der Waals surface area contributed by atoms with Crippen molar-refractivity contribution in [3.63, 3.8) is 0 Å². The zero-order valence-electron chi connectivity index (χ0n) is 10.0. The number of hydrogen-bond acceptors (Lipinski definition) is 3. The van der Waals surface area contributed by atoms with E-state index in [1.54, 1.807) is 18.2 Å². The number of halogens is 1. The number of rotatable bonds is 6. The van der Waals surface area contributed by atoms with Crippen molar-refractivity contribution in [3.05, 3.63) is 29.6 Å². The van der Waals surface area contributed by atoms with Crippen molar-refractivity contribution in [2.75, 3.05) is 20.3 Å². The molecule has 1 aromatic rings. The van der Waals surface area contributed by atoms with E-state index in [0.717, 1.165) is 12.8 Å². The highest BCUT2D eigenvalue weighted by Crippen LogP contribution is 2.29. The van der Waals surface area contributed by atoms with Crippen molar-refractivity contribution in [1.82, 2.24) is 4.90 Å². The van der Waals surface area contributed by atoms with Gasteiger partial charge < -0.3 is 9.84 Å². The molecule has 4 heteroatoms. The highest BCUT2D eigenvalue weighted by Gasteiger charge is 2.29. The van der Waals surface area contributed by atoms with Crippen LogP contribution >= 0.6 is 0 Å². The molecule has 0 atom stereocenters. The number of ether oxygens (including phenoxy) is 1. The van der Waals surface area contributed by atoms with Crippen LogP contribution in [0.25, 0.3) is 0 Å². The molecule has 0 spiro atoms. The molecule has 1 N–H and O–H groups in total. The molecule has 0 aliphatic heterocycles. The van der Waals surface area contributed by atoms with Gasteiger partial charge in [-0.2, -0.15) is 0 Å². The molecule has 94 valence electrons. The van der Waals surface area contributed by atoms with Crippen LogP contribution in [0.5, 0.6) is 5.75 Å². The maximum Gasteiger partial charge on any atom is 0.169 e. The van der Waals surface area contributed by atoms with Gasteiger partial charge in [0.2, 0.25) is 0 Å². The average Bonchev–Trinajstić information content (AvgIpc) is 3.15. The van der Waals surface area contributed by atoms with Gasteiger partial charge in [-0.15, -0.1) is 0 Å². The molecule has 0 amide bonds. The molecule has 3 nitrogen and oxygen atoms in total. The van der Waals surface area contributed by atoms with E-state index in [2.05, 4.69) is 4.90 Å². The number of aliphatic hydroxyl groups is 1. The molecule has 0 bridgehead atoms. The van der Waals surface area contributed by atoms with E-state index in [9.17, 15) is 4.39 Å². The largest absolute Gasteiger partial charge is 0.494 e. The summed E-state index contributed by atoms with van der Waals surface area (Å²) in [6.45, 7) is 1.25. The maximum absolute atomic E-state index is 13.9. The van der Waals surface area contributed by atoms with Gasteiger partial charge in [0.1, 0.15) is 0 Å². The van der Waals surface area contributed by atoms with E-state index in [-0.39, 0.29) is 18.2 Å². The third kappa shape index (κ3) is 2.96. The fourth-order valence-electron chi connectivity index (χ4n) is 2.01. The molecular formula is C13H18FNO2. The van der Waals surface area contributed by atoms with Crippen LogP contribution in [0.15, 0.2) is 18.2 Å². The normalized spacial score (nSPS) is 15.3. The molecule has 0 unspecified atom stereocenters. The quantitative estimate of drug-likeness (QED) is 0.821. The summed E-state index contributed by atoms with van der Waals surface area (Å²) in [6, 6.07) is 5.69. The lowest BCUT2D eigenvalue weighted by Gasteiger charge is -2.21. The summed E-state index contributed by atoms with van der Waals surface area (Å²) < 4.78 is 18.9. The second-order valence-electron chi connectivity index (χ2n) is 4.36. The standard InChI is InChI=1S/C13H18FNO2/c1-17-12-4-2-3-10(13(12)14)9-15(7-8-16)11-5-6-11/h2-4,11,16H,5-9H2,1H3. The van der Waals surface area contributed by atoms with Crippen LogP contribution in [-0.4, -0.2) is 36.3 Å². The first-order valence-electron chi connectivity index (χ1n) is 5.92. The van der Waals surface area contributed by atoms with Gasteiger partial charge in [-0.1, -0.05) is 12.1 Å². The van der Waals surface area contributed by atoms with E-state index < -0.39 is 0 Å². The van der Waals surface area contributed by atoms with Crippen LogP contribution in [0.3, 0.4) is 0 Å². The maximum atomic E-state index is 13.9. The minimum absolute atomic E-state index is 0.113. The molecule has 0 heterocycles. The Hall–Kier alpha value is -1.13. The lowest BCUT2D eigenvalue weighted by molar-refractivity contribution is 0.181. The highest BCUT2D eigenvalue weighted by atomic mass is 19.1. The minimum Gasteiger partial charge on any atom is -0.494 e. The fourth-order valence-corrected chi connectivity index (χ4v) is 2.01. The third-order valence-corrected chi connectivity index (χ3v) is 3.09. The lowest BCUT2D eigenvalue weighted by Crippen LogP contribution is -2.29. The second kappa shape index (κ2) is 5.47. The van der Waals surface area contributed by atoms with Gasteiger partial charge in [-0.05, 0) is 18.9 Å². The molecular weight excluding hydrogens is 221 g/mol. The summed E-state index contributed by atoms with van der Waals surface area (Å²) >= 11 is 0. The van der Waals surface area contributed by atoms with Crippen molar-refractivity contribution < 1.29 is 14.2 Å². The van der Waals surface area contributed by atoms with Gasteiger partial charge in [0.15, 0.2) is 11.6 Å². The molecule has 1 fully saturated rings. The smallest absolute Gasteiger partial charge is 0.169 e. The third-order valence-electron chi connectivity index (χ3n) is 3.09. The van der Waals surface area contributed by atoms with Gasteiger partial charge in [0.25, 0.3) is 0 Å². The highest BCUT2D eigenvalue weighted by molar-refractivity contribution is 5.31. The first-order chi connectivity index (χ1) is 8.26.